The second-order valence-electron chi connectivity index (χ2n) is 9.43. The fourth-order valence-corrected chi connectivity index (χ4v) is 3.92. The maximum atomic E-state index is 12.8. The van der Waals surface area contributed by atoms with Gasteiger partial charge in [0.1, 0.15) is 17.8 Å². The van der Waals surface area contributed by atoms with Crippen molar-refractivity contribution in [2.24, 2.45) is 5.92 Å². The molecule has 48 heavy (non-hydrogen) atoms. The molecular formula is C36H51F3N6O3. The molecule has 0 aliphatic rings. The van der Waals surface area contributed by atoms with Crippen LogP contribution < -0.4 is 10.6 Å². The number of anilines is 2. The first-order valence-electron chi connectivity index (χ1n) is 16.2. The van der Waals surface area contributed by atoms with Crippen molar-refractivity contribution in [1.82, 2.24) is 19.7 Å². The lowest BCUT2D eigenvalue weighted by molar-refractivity contribution is -0.148. The molecule has 0 radical (unpaired) electrons. The Hall–Kier alpha value is -4.74. The highest BCUT2D eigenvalue weighted by molar-refractivity contribution is 5.76. The highest BCUT2D eigenvalue weighted by atomic mass is 19.4. The van der Waals surface area contributed by atoms with Crippen molar-refractivity contribution in [2.75, 3.05) is 30.8 Å². The van der Waals surface area contributed by atoms with Crippen LogP contribution in [0, 0.1) is 12.8 Å². The average Bonchev–Trinajstić information content (AvgIpc) is 3.54. The molecule has 3 heterocycles. The molecule has 0 aliphatic carbocycles. The van der Waals surface area contributed by atoms with Crippen molar-refractivity contribution >= 4 is 23.8 Å². The van der Waals surface area contributed by atoms with Gasteiger partial charge in [-0.15, -0.1) is 0 Å². The van der Waals surface area contributed by atoms with Gasteiger partial charge in [0.25, 0.3) is 0 Å². The van der Waals surface area contributed by atoms with E-state index in [0.717, 1.165) is 48.5 Å². The standard InChI is InChI=1S/C16H23NO3.C11H11F3N4.C5H5N.2C2H6/c1-3-14(16(19)20-4-2)8-6-10-17-15-9-5-7-13(11-15)12-18;1-7-5-9(11(12,13)14)18(17-7)8-3-4-10(15-2)16-6-8;1-2-4-6-5-3-1;2*1-2/h5,7,9,11-12,14,17H,3-4,6,8,10H2,1-2H3;3-6H,1-2H3,(H,15,16);1-5H;2*1-2H3. The van der Waals surface area contributed by atoms with Crippen molar-refractivity contribution in [2.45, 2.75) is 73.9 Å². The molecule has 0 fully saturated rings. The summed E-state index contributed by atoms with van der Waals surface area (Å²) in [7, 11) is 1.68. The Bertz CT molecular complexity index is 1370. The number of halogens is 3. The van der Waals surface area contributed by atoms with Crippen LogP contribution in [0.2, 0.25) is 0 Å². The van der Waals surface area contributed by atoms with Gasteiger partial charge in [0, 0.05) is 37.2 Å². The molecule has 1 aromatic carbocycles. The Balaban J connectivity index is 0.000000721. The Morgan fingerprint density at radius 1 is 1.00 bits per heavy atom. The Labute approximate surface area is 283 Å². The number of ether oxygens (including phenoxy) is 1. The van der Waals surface area contributed by atoms with Gasteiger partial charge in [-0.1, -0.05) is 52.8 Å². The molecule has 264 valence electrons. The first kappa shape index (κ1) is 43.3. The predicted octanol–water partition coefficient (Wildman–Crippen LogP) is 9.05. The van der Waals surface area contributed by atoms with E-state index in [1.165, 1.54) is 19.2 Å². The summed E-state index contributed by atoms with van der Waals surface area (Å²) >= 11 is 0. The van der Waals surface area contributed by atoms with Crippen molar-refractivity contribution in [3.05, 3.63) is 96.2 Å². The molecule has 12 heteroatoms. The van der Waals surface area contributed by atoms with E-state index in [1.807, 2.05) is 77.9 Å². The average molecular weight is 673 g/mol. The van der Waals surface area contributed by atoms with Gasteiger partial charge in [0.05, 0.1) is 30.1 Å². The number of aromatic nitrogens is 4. The zero-order valence-electron chi connectivity index (χ0n) is 29.3. The lowest BCUT2D eigenvalue weighted by atomic mass is 10.0. The van der Waals surface area contributed by atoms with E-state index in [4.69, 9.17) is 4.74 Å². The molecule has 4 aromatic rings. The summed E-state index contributed by atoms with van der Waals surface area (Å²) in [5, 5.41) is 9.89. The summed E-state index contributed by atoms with van der Waals surface area (Å²) in [5.74, 6) is 0.465. The Morgan fingerprint density at radius 2 is 1.69 bits per heavy atom. The first-order chi connectivity index (χ1) is 23.1. The number of carbonyl (C=O) groups excluding carboxylic acids is 2. The van der Waals surface area contributed by atoms with Gasteiger partial charge < -0.3 is 15.4 Å². The molecule has 2 N–H and O–H groups in total. The zero-order valence-corrected chi connectivity index (χ0v) is 29.3. The summed E-state index contributed by atoms with van der Waals surface area (Å²) in [6.07, 6.45) is 3.74. The minimum atomic E-state index is -4.44. The number of hydrogen-bond donors (Lipinski definition) is 2. The first-order valence-corrected chi connectivity index (χ1v) is 16.2. The molecular weight excluding hydrogens is 621 g/mol. The number of esters is 1. The van der Waals surface area contributed by atoms with Crippen molar-refractivity contribution < 1.29 is 27.5 Å². The summed E-state index contributed by atoms with van der Waals surface area (Å²) in [6.45, 7) is 14.6. The molecule has 1 unspecified atom stereocenters. The maximum absolute atomic E-state index is 12.8. The molecule has 0 saturated carbocycles. The second kappa shape index (κ2) is 25.4. The van der Waals surface area contributed by atoms with E-state index in [-0.39, 0.29) is 17.6 Å². The molecule has 1 atom stereocenters. The van der Waals surface area contributed by atoms with E-state index in [2.05, 4.69) is 25.7 Å². The summed E-state index contributed by atoms with van der Waals surface area (Å²) in [6, 6.07) is 17.2. The molecule has 9 nitrogen and oxygen atoms in total. The third-order valence-corrected chi connectivity index (χ3v) is 6.13. The number of nitrogens with one attached hydrogen (secondary N) is 2. The smallest absolute Gasteiger partial charge is 0.433 e. The van der Waals surface area contributed by atoms with Crippen LogP contribution in [0.1, 0.15) is 82.6 Å². The number of aldehydes is 1. The van der Waals surface area contributed by atoms with Gasteiger partial charge in [-0.25, -0.2) is 9.67 Å². The largest absolute Gasteiger partial charge is 0.466 e. The van der Waals surface area contributed by atoms with Crippen LogP contribution >= 0.6 is 0 Å². The van der Waals surface area contributed by atoms with Gasteiger partial charge >= 0.3 is 12.1 Å². The van der Waals surface area contributed by atoms with Crippen LogP contribution in [-0.2, 0) is 15.7 Å². The summed E-state index contributed by atoms with van der Waals surface area (Å²) in [4.78, 5) is 30.1. The quantitative estimate of drug-likeness (QED) is 0.0923. The second-order valence-corrected chi connectivity index (χ2v) is 9.43. The van der Waals surface area contributed by atoms with Crippen LogP contribution in [0.15, 0.2) is 79.3 Å². The number of aryl methyl sites for hydroxylation is 1. The lowest BCUT2D eigenvalue weighted by Crippen LogP contribution is -2.18. The molecule has 4 rings (SSSR count). The minimum Gasteiger partial charge on any atom is -0.466 e. The number of alkyl halides is 3. The number of rotatable bonds is 11. The van der Waals surface area contributed by atoms with Gasteiger partial charge in [-0.2, -0.15) is 18.3 Å². The third-order valence-electron chi connectivity index (χ3n) is 6.13. The highest BCUT2D eigenvalue weighted by Crippen LogP contribution is 2.31. The maximum Gasteiger partial charge on any atom is 0.433 e. The van der Waals surface area contributed by atoms with Gasteiger partial charge in [0.2, 0.25) is 0 Å². The van der Waals surface area contributed by atoms with Crippen LogP contribution in [-0.4, -0.2) is 52.2 Å². The lowest BCUT2D eigenvalue weighted by Gasteiger charge is -2.13. The fourth-order valence-electron chi connectivity index (χ4n) is 3.92. The van der Waals surface area contributed by atoms with Crippen LogP contribution in [0.5, 0.6) is 0 Å². The van der Waals surface area contributed by atoms with E-state index in [9.17, 15) is 22.8 Å². The normalized spacial score (nSPS) is 10.5. The molecule has 3 aromatic heterocycles. The highest BCUT2D eigenvalue weighted by Gasteiger charge is 2.36. The van der Waals surface area contributed by atoms with Crippen LogP contribution in [0.25, 0.3) is 5.69 Å². The van der Waals surface area contributed by atoms with Crippen molar-refractivity contribution in [1.29, 1.82) is 0 Å². The number of nitrogens with zero attached hydrogens (tertiary/aromatic N) is 4. The SMILES string of the molecule is CC.CC.CCOC(=O)C(CC)CCCNc1cccc(C=O)c1.CNc1ccc(-n2nc(C)cc2C(F)(F)F)cn1.c1ccncc1. The van der Waals surface area contributed by atoms with E-state index < -0.39 is 11.9 Å². The Kier molecular flexibility index (Phi) is 22.9. The third kappa shape index (κ3) is 16.7. The minimum absolute atomic E-state index is 0.0157. The summed E-state index contributed by atoms with van der Waals surface area (Å²) < 4.78 is 44.3. The summed E-state index contributed by atoms with van der Waals surface area (Å²) in [5.41, 5.74) is 1.36. The van der Waals surface area contributed by atoms with E-state index >= 15 is 0 Å². The van der Waals surface area contributed by atoms with Gasteiger partial charge in [-0.3, -0.25) is 14.6 Å². The Morgan fingerprint density at radius 3 is 2.17 bits per heavy atom. The zero-order chi connectivity index (χ0) is 36.4. The van der Waals surface area contributed by atoms with Crippen LogP contribution in [0.3, 0.4) is 0 Å². The van der Waals surface area contributed by atoms with Gasteiger partial charge in [-0.05, 0) is 75.6 Å². The number of pyridine rings is 2. The van der Waals surface area contributed by atoms with Crippen LogP contribution in [0.4, 0.5) is 24.7 Å². The van der Waals surface area contributed by atoms with Gasteiger partial charge in [0.15, 0.2) is 0 Å². The van der Waals surface area contributed by atoms with Crippen molar-refractivity contribution in [3.8, 4) is 5.69 Å². The number of hydrogen-bond acceptors (Lipinski definition) is 8. The predicted molar refractivity (Wildman–Crippen MR) is 188 cm³/mol. The number of carbonyl (C=O) groups is 2. The number of benzene rings is 1. The molecule has 0 saturated heterocycles. The molecule has 0 amide bonds. The van der Waals surface area contributed by atoms with E-state index in [0.29, 0.717) is 23.7 Å². The monoisotopic (exact) mass is 672 g/mol. The molecule has 0 bridgehead atoms. The molecule has 0 aliphatic heterocycles. The fraction of sp³-hybridized carbons (Fsp3) is 0.417. The van der Waals surface area contributed by atoms with Crippen molar-refractivity contribution in [3.63, 3.8) is 0 Å². The molecule has 0 spiro atoms. The topological polar surface area (TPSA) is 111 Å². The van der Waals surface area contributed by atoms with E-state index in [1.54, 1.807) is 31.6 Å².